The van der Waals surface area contributed by atoms with Crippen LogP contribution in [0.2, 0.25) is 0 Å². The lowest BCUT2D eigenvalue weighted by Crippen LogP contribution is -2.65. The highest BCUT2D eigenvalue weighted by Crippen LogP contribution is 2.71. The fourth-order valence-electron chi connectivity index (χ4n) is 10.9. The number of aliphatic hydroxyl groups is 1. The average Bonchev–Trinajstić information content (AvgIpc) is 3.62. The Morgan fingerprint density at radius 3 is 2.38 bits per heavy atom. The minimum Gasteiger partial charge on any atom is -0.467 e. The first kappa shape index (κ1) is 25.1. The van der Waals surface area contributed by atoms with E-state index in [2.05, 4.69) is 34.6 Å². The molecule has 4 saturated carbocycles. The van der Waals surface area contributed by atoms with Gasteiger partial charge < -0.3 is 28.5 Å². The molecule has 1 aromatic rings. The molecule has 1 N–H and O–H groups in total. The van der Waals surface area contributed by atoms with E-state index < -0.39 is 17.7 Å². The van der Waals surface area contributed by atoms with Gasteiger partial charge in [0.1, 0.15) is 11.9 Å². The second kappa shape index (κ2) is 8.30. The van der Waals surface area contributed by atoms with E-state index in [1.807, 2.05) is 12.1 Å². The van der Waals surface area contributed by atoms with E-state index in [0.717, 1.165) is 19.3 Å². The number of ether oxygens (including phenoxy) is 4. The Morgan fingerprint density at radius 1 is 0.919 bits per heavy atom. The third-order valence-electron chi connectivity index (χ3n) is 12.3. The Morgan fingerprint density at radius 2 is 1.65 bits per heavy atom. The lowest BCUT2D eigenvalue weighted by Gasteiger charge is -2.65. The molecule has 206 valence electrons. The number of furan rings is 1. The molecule has 0 amide bonds. The van der Waals surface area contributed by atoms with Crippen LogP contribution in [0.3, 0.4) is 0 Å². The van der Waals surface area contributed by atoms with Gasteiger partial charge in [0, 0.05) is 12.3 Å². The Balaban J connectivity index is 1.21. The third-order valence-corrected chi connectivity index (χ3v) is 12.3. The van der Waals surface area contributed by atoms with Crippen LogP contribution in [0.4, 0.5) is 0 Å². The molecule has 6 nitrogen and oxygen atoms in total. The van der Waals surface area contributed by atoms with E-state index in [1.165, 1.54) is 25.7 Å². The lowest BCUT2D eigenvalue weighted by atomic mass is 9.42. The van der Waals surface area contributed by atoms with Crippen LogP contribution in [-0.2, 0) is 18.9 Å². The van der Waals surface area contributed by atoms with E-state index in [0.29, 0.717) is 48.6 Å². The van der Waals surface area contributed by atoms with Gasteiger partial charge in [0.2, 0.25) is 0 Å². The van der Waals surface area contributed by atoms with Gasteiger partial charge in [-0.25, -0.2) is 0 Å². The van der Waals surface area contributed by atoms with Crippen molar-refractivity contribution in [3.63, 3.8) is 0 Å². The number of aliphatic hydroxyl groups excluding tert-OH is 1. The lowest BCUT2D eigenvalue weighted by molar-refractivity contribution is -0.301. The van der Waals surface area contributed by atoms with Crippen LogP contribution in [0.5, 0.6) is 0 Å². The van der Waals surface area contributed by atoms with Crippen molar-refractivity contribution in [3.8, 4) is 0 Å². The Kier molecular flexibility index (Phi) is 5.62. The SMILES string of the molecule is C[C@@H]([C@H]1CC[C@H]2[C@@H]3CC4(OCCO4)[C@H]4C[C@@H]5OC(C)(C)O[C@@H]5C[C@]4(C)[C@H]3CC[C@]12C)[C@@H](O)c1ccco1. The molecular formula is C31H46O6. The summed E-state index contributed by atoms with van der Waals surface area (Å²) in [7, 11) is 0. The van der Waals surface area contributed by atoms with E-state index in [1.54, 1.807) is 6.26 Å². The first-order chi connectivity index (χ1) is 17.6. The molecule has 0 bridgehead atoms. The summed E-state index contributed by atoms with van der Waals surface area (Å²) in [6.45, 7) is 12.8. The quantitative estimate of drug-likeness (QED) is 0.526. The summed E-state index contributed by atoms with van der Waals surface area (Å²) >= 11 is 0. The molecule has 3 heterocycles. The molecule has 6 aliphatic rings. The first-order valence-electron chi connectivity index (χ1n) is 14.9. The maximum Gasteiger partial charge on any atom is 0.172 e. The smallest absolute Gasteiger partial charge is 0.172 e. The second-order valence-electron chi connectivity index (χ2n) is 14.3. The highest BCUT2D eigenvalue weighted by atomic mass is 16.8. The highest BCUT2D eigenvalue weighted by Gasteiger charge is 2.70. The van der Waals surface area contributed by atoms with Gasteiger partial charge >= 0.3 is 0 Å². The van der Waals surface area contributed by atoms with Gasteiger partial charge in [-0.15, -0.1) is 0 Å². The van der Waals surface area contributed by atoms with E-state index in [-0.39, 0.29) is 29.0 Å². The fourth-order valence-corrected chi connectivity index (χ4v) is 10.9. The van der Waals surface area contributed by atoms with Crippen LogP contribution in [0.1, 0.15) is 91.4 Å². The molecule has 0 unspecified atom stereocenters. The van der Waals surface area contributed by atoms with Crippen molar-refractivity contribution in [1.82, 2.24) is 0 Å². The van der Waals surface area contributed by atoms with Gasteiger partial charge in [-0.2, -0.15) is 0 Å². The molecule has 1 aromatic heterocycles. The molecule has 11 atom stereocenters. The molecule has 2 aliphatic heterocycles. The second-order valence-corrected chi connectivity index (χ2v) is 14.3. The minimum absolute atomic E-state index is 0.108. The van der Waals surface area contributed by atoms with Gasteiger partial charge in [0.15, 0.2) is 11.6 Å². The zero-order chi connectivity index (χ0) is 25.8. The van der Waals surface area contributed by atoms with Gasteiger partial charge in [0.05, 0.1) is 31.7 Å². The number of hydrogen-bond acceptors (Lipinski definition) is 6. The number of hydrogen-bond donors (Lipinski definition) is 1. The van der Waals surface area contributed by atoms with Crippen LogP contribution in [0, 0.1) is 46.3 Å². The molecule has 7 rings (SSSR count). The van der Waals surface area contributed by atoms with Gasteiger partial charge in [0.25, 0.3) is 0 Å². The largest absolute Gasteiger partial charge is 0.467 e. The predicted molar refractivity (Wildman–Crippen MR) is 137 cm³/mol. The van der Waals surface area contributed by atoms with Crippen molar-refractivity contribution >= 4 is 0 Å². The zero-order valence-electron chi connectivity index (χ0n) is 23.3. The highest BCUT2D eigenvalue weighted by molar-refractivity contribution is 5.16. The van der Waals surface area contributed by atoms with E-state index >= 15 is 0 Å². The molecular weight excluding hydrogens is 468 g/mol. The van der Waals surface area contributed by atoms with Gasteiger partial charge in [-0.05, 0) is 105 Å². The maximum atomic E-state index is 11.2. The number of rotatable bonds is 3. The zero-order valence-corrected chi connectivity index (χ0v) is 23.3. The minimum atomic E-state index is -0.549. The summed E-state index contributed by atoms with van der Waals surface area (Å²) in [5.41, 5.74) is 0.320. The Bertz CT molecular complexity index is 999. The van der Waals surface area contributed by atoms with E-state index in [4.69, 9.17) is 23.4 Å². The predicted octanol–water partition coefficient (Wildman–Crippen LogP) is 6.09. The van der Waals surface area contributed by atoms with Crippen molar-refractivity contribution in [3.05, 3.63) is 24.2 Å². The van der Waals surface area contributed by atoms with Crippen molar-refractivity contribution < 1.29 is 28.5 Å². The van der Waals surface area contributed by atoms with Crippen LogP contribution in [-0.4, -0.2) is 42.1 Å². The summed E-state index contributed by atoms with van der Waals surface area (Å²) < 4.78 is 31.8. The summed E-state index contributed by atoms with van der Waals surface area (Å²) in [4.78, 5) is 0. The van der Waals surface area contributed by atoms with Crippen LogP contribution in [0.15, 0.2) is 22.8 Å². The van der Waals surface area contributed by atoms with Crippen molar-refractivity contribution in [2.45, 2.75) is 109 Å². The Labute approximate surface area is 221 Å². The number of fused-ring (bicyclic) bond motifs is 7. The first-order valence-corrected chi connectivity index (χ1v) is 14.9. The molecule has 0 aromatic carbocycles. The molecule has 4 aliphatic carbocycles. The molecule has 6 fully saturated rings. The topological polar surface area (TPSA) is 70.3 Å². The van der Waals surface area contributed by atoms with Crippen LogP contribution in [0.25, 0.3) is 0 Å². The summed E-state index contributed by atoms with van der Waals surface area (Å²) in [5.74, 6) is 2.52. The van der Waals surface area contributed by atoms with Gasteiger partial charge in [-0.3, -0.25) is 0 Å². The summed E-state index contributed by atoms with van der Waals surface area (Å²) in [5, 5.41) is 11.2. The maximum absolute atomic E-state index is 11.2. The summed E-state index contributed by atoms with van der Waals surface area (Å²) in [6, 6.07) is 3.80. The molecule has 0 radical (unpaired) electrons. The fraction of sp³-hybridized carbons (Fsp3) is 0.871. The molecule has 2 saturated heterocycles. The van der Waals surface area contributed by atoms with Gasteiger partial charge in [-0.1, -0.05) is 20.8 Å². The monoisotopic (exact) mass is 514 g/mol. The average molecular weight is 515 g/mol. The van der Waals surface area contributed by atoms with Crippen LogP contribution >= 0.6 is 0 Å². The standard InChI is InChI=1S/C31H46O6/c1-18(27(32)23-7-6-12-33-23)20-8-9-21-19-16-31(34-13-14-35-31)26-15-24-25(37-28(2,3)36-24)17-30(26,5)22(19)10-11-29(20,21)4/h6-7,12,18-22,24-27,32H,8-11,13-17H2,1-5H3/t18-,19-,20+,21-,22-,24-,25+,26-,27+,29+,30+/m0/s1. The Hall–Kier alpha value is -0.920. The normalized spacial score (nSPS) is 49.2. The van der Waals surface area contributed by atoms with Crippen molar-refractivity contribution in [2.75, 3.05) is 13.2 Å². The van der Waals surface area contributed by atoms with Crippen molar-refractivity contribution in [1.29, 1.82) is 0 Å². The molecule has 1 spiro atoms. The summed E-state index contributed by atoms with van der Waals surface area (Å²) in [6.07, 6.45) is 9.27. The van der Waals surface area contributed by atoms with E-state index in [9.17, 15) is 5.11 Å². The van der Waals surface area contributed by atoms with Crippen molar-refractivity contribution in [2.24, 2.45) is 46.3 Å². The molecule has 6 heteroatoms. The van der Waals surface area contributed by atoms with Crippen LogP contribution < -0.4 is 0 Å². The molecule has 37 heavy (non-hydrogen) atoms. The third kappa shape index (κ3) is 3.54.